The molecule has 0 N–H and O–H groups in total. The van der Waals surface area contributed by atoms with Crippen molar-refractivity contribution in [2.45, 2.75) is 12.8 Å². The minimum Gasteiger partial charge on any atom is -0.391 e. The molecule has 0 amide bonds. The molecule has 7 heteroatoms. The summed E-state index contributed by atoms with van der Waals surface area (Å²) in [4.78, 5) is 5.01. The lowest BCUT2D eigenvalue weighted by molar-refractivity contribution is -0.137. The first-order valence-electron chi connectivity index (χ1n) is 6.13. The van der Waals surface area contributed by atoms with Crippen LogP contribution in [0.2, 0.25) is 5.02 Å². The lowest BCUT2D eigenvalue weighted by Crippen LogP contribution is -2.08. The standard InChI is InChI=1S/C15H10BrClF3NO/c16-12-3-1-10(2-4-12)9-22-21-8-11-7-13(17)5-6-14(11)15(18,19)20/h1-8H,9H2. The first-order chi connectivity index (χ1) is 10.4. The fraction of sp³-hybridized carbons (Fsp3) is 0.133. The van der Waals surface area contributed by atoms with Gasteiger partial charge in [-0.2, -0.15) is 13.2 Å². The average Bonchev–Trinajstić information content (AvgIpc) is 2.44. The Hall–Kier alpha value is -1.53. The molecule has 2 aromatic rings. The van der Waals surface area contributed by atoms with Gasteiger partial charge in [0.15, 0.2) is 0 Å². The minimum atomic E-state index is -4.47. The van der Waals surface area contributed by atoms with Gasteiger partial charge in [0.05, 0.1) is 11.8 Å². The molecule has 0 bridgehead atoms. The fourth-order valence-corrected chi connectivity index (χ4v) is 2.13. The van der Waals surface area contributed by atoms with Crippen LogP contribution in [0.5, 0.6) is 0 Å². The van der Waals surface area contributed by atoms with Gasteiger partial charge in [-0.1, -0.05) is 44.8 Å². The second-order valence-electron chi connectivity index (χ2n) is 4.36. The molecule has 0 aliphatic carbocycles. The fourth-order valence-electron chi connectivity index (χ4n) is 1.69. The van der Waals surface area contributed by atoms with Gasteiger partial charge in [0.1, 0.15) is 6.61 Å². The molecule has 2 aromatic carbocycles. The minimum absolute atomic E-state index is 0.143. The van der Waals surface area contributed by atoms with E-state index in [2.05, 4.69) is 21.1 Å². The molecule has 2 nitrogen and oxygen atoms in total. The Morgan fingerprint density at radius 1 is 1.14 bits per heavy atom. The molecule has 0 fully saturated rings. The van der Waals surface area contributed by atoms with Crippen LogP contribution in [-0.2, 0) is 17.6 Å². The van der Waals surface area contributed by atoms with Crippen LogP contribution < -0.4 is 0 Å². The van der Waals surface area contributed by atoms with Gasteiger partial charge in [-0.05, 0) is 35.9 Å². The summed E-state index contributed by atoms with van der Waals surface area (Å²) in [5.74, 6) is 0. The van der Waals surface area contributed by atoms with Gasteiger partial charge < -0.3 is 4.84 Å². The van der Waals surface area contributed by atoms with Gasteiger partial charge in [-0.15, -0.1) is 0 Å². The molecule has 0 unspecified atom stereocenters. The number of alkyl halides is 3. The molecule has 0 aliphatic heterocycles. The van der Waals surface area contributed by atoms with Crippen LogP contribution in [0.4, 0.5) is 13.2 Å². The van der Waals surface area contributed by atoms with Gasteiger partial charge in [0.2, 0.25) is 0 Å². The molecular weight excluding hydrogens is 383 g/mol. The molecule has 0 saturated carbocycles. The monoisotopic (exact) mass is 391 g/mol. The van der Waals surface area contributed by atoms with Gasteiger partial charge in [-0.3, -0.25) is 0 Å². The number of hydrogen-bond acceptors (Lipinski definition) is 2. The highest BCUT2D eigenvalue weighted by atomic mass is 79.9. The lowest BCUT2D eigenvalue weighted by Gasteiger charge is -2.09. The molecular formula is C15H10BrClF3NO. The predicted octanol–water partition coefficient (Wildman–Crippen LogP) is 5.67. The normalized spacial score (nSPS) is 11.9. The molecule has 2 rings (SSSR count). The van der Waals surface area contributed by atoms with Crippen molar-refractivity contribution in [2.24, 2.45) is 5.16 Å². The van der Waals surface area contributed by atoms with Crippen LogP contribution in [0.3, 0.4) is 0 Å². The SMILES string of the molecule is FC(F)(F)c1ccc(Cl)cc1C=NOCc1ccc(Br)cc1. The maximum atomic E-state index is 12.8. The number of hydrogen-bond donors (Lipinski definition) is 0. The second-order valence-corrected chi connectivity index (χ2v) is 5.72. The lowest BCUT2D eigenvalue weighted by atomic mass is 10.1. The number of rotatable bonds is 4. The Labute approximate surface area is 138 Å². The highest BCUT2D eigenvalue weighted by Crippen LogP contribution is 2.32. The van der Waals surface area contributed by atoms with E-state index in [1.165, 1.54) is 12.1 Å². The predicted molar refractivity (Wildman–Crippen MR) is 83.0 cm³/mol. The molecule has 0 spiro atoms. The summed E-state index contributed by atoms with van der Waals surface area (Å²) in [7, 11) is 0. The smallest absolute Gasteiger partial charge is 0.391 e. The van der Waals surface area contributed by atoms with E-state index in [1.807, 2.05) is 24.3 Å². The number of halogens is 5. The molecule has 22 heavy (non-hydrogen) atoms. The maximum absolute atomic E-state index is 12.8. The highest BCUT2D eigenvalue weighted by molar-refractivity contribution is 9.10. The van der Waals surface area contributed by atoms with Gasteiger partial charge in [0.25, 0.3) is 0 Å². The molecule has 0 saturated heterocycles. The average molecular weight is 393 g/mol. The first-order valence-corrected chi connectivity index (χ1v) is 7.30. The van der Waals surface area contributed by atoms with E-state index in [-0.39, 0.29) is 17.2 Å². The molecule has 0 aliphatic rings. The van der Waals surface area contributed by atoms with Crippen molar-refractivity contribution in [1.29, 1.82) is 0 Å². The Bertz CT molecular complexity index is 671. The summed E-state index contributed by atoms with van der Waals surface area (Å²) in [6.07, 6.45) is -3.47. The topological polar surface area (TPSA) is 21.6 Å². The summed E-state index contributed by atoms with van der Waals surface area (Å²) in [5, 5.41) is 3.78. The Balaban J connectivity index is 2.06. The second kappa shape index (κ2) is 7.15. The van der Waals surface area contributed by atoms with Crippen molar-refractivity contribution in [2.75, 3.05) is 0 Å². The van der Waals surface area contributed by atoms with Crippen LogP contribution in [0.15, 0.2) is 52.1 Å². The summed E-state index contributed by atoms with van der Waals surface area (Å²) in [6.45, 7) is 0.158. The molecule has 0 aromatic heterocycles. The summed E-state index contributed by atoms with van der Waals surface area (Å²) >= 11 is 9.02. The van der Waals surface area contributed by atoms with E-state index in [1.54, 1.807) is 0 Å². The third-order valence-corrected chi connectivity index (χ3v) is 3.49. The Morgan fingerprint density at radius 3 is 2.45 bits per heavy atom. The number of nitrogens with zero attached hydrogens (tertiary/aromatic N) is 1. The molecule has 0 heterocycles. The van der Waals surface area contributed by atoms with Crippen LogP contribution in [-0.4, -0.2) is 6.21 Å². The van der Waals surface area contributed by atoms with Crippen molar-refractivity contribution in [3.05, 3.63) is 68.7 Å². The van der Waals surface area contributed by atoms with Crippen molar-refractivity contribution in [1.82, 2.24) is 0 Å². The summed E-state index contributed by atoms with van der Waals surface area (Å²) in [5.41, 5.74) is -0.105. The third-order valence-electron chi connectivity index (χ3n) is 2.73. The van der Waals surface area contributed by atoms with Crippen molar-refractivity contribution >= 4 is 33.7 Å². The van der Waals surface area contributed by atoms with Crippen molar-refractivity contribution in [3.63, 3.8) is 0 Å². The zero-order valence-electron chi connectivity index (χ0n) is 11.1. The van der Waals surface area contributed by atoms with Gasteiger partial charge in [-0.25, -0.2) is 0 Å². The zero-order valence-corrected chi connectivity index (χ0v) is 13.4. The quantitative estimate of drug-likeness (QED) is 0.485. The maximum Gasteiger partial charge on any atom is 0.417 e. The van der Waals surface area contributed by atoms with Crippen molar-refractivity contribution in [3.8, 4) is 0 Å². The summed E-state index contributed by atoms with van der Waals surface area (Å²) < 4.78 is 39.5. The zero-order chi connectivity index (χ0) is 16.2. The van der Waals surface area contributed by atoms with E-state index >= 15 is 0 Å². The van der Waals surface area contributed by atoms with Crippen LogP contribution in [0.25, 0.3) is 0 Å². The molecule has 0 atom stereocenters. The Morgan fingerprint density at radius 2 is 1.82 bits per heavy atom. The van der Waals surface area contributed by atoms with E-state index in [0.717, 1.165) is 22.3 Å². The molecule has 116 valence electrons. The largest absolute Gasteiger partial charge is 0.417 e. The van der Waals surface area contributed by atoms with E-state index < -0.39 is 11.7 Å². The van der Waals surface area contributed by atoms with Gasteiger partial charge >= 0.3 is 6.18 Å². The van der Waals surface area contributed by atoms with E-state index in [4.69, 9.17) is 16.4 Å². The number of benzene rings is 2. The van der Waals surface area contributed by atoms with Crippen molar-refractivity contribution < 1.29 is 18.0 Å². The third kappa shape index (κ3) is 4.74. The summed E-state index contributed by atoms with van der Waals surface area (Å²) in [6, 6.07) is 10.6. The Kier molecular flexibility index (Phi) is 5.47. The van der Waals surface area contributed by atoms with Crippen LogP contribution >= 0.6 is 27.5 Å². The van der Waals surface area contributed by atoms with Crippen LogP contribution in [0, 0.1) is 0 Å². The first kappa shape index (κ1) is 16.8. The number of oxime groups is 1. The van der Waals surface area contributed by atoms with Crippen LogP contribution in [0.1, 0.15) is 16.7 Å². The highest BCUT2D eigenvalue weighted by Gasteiger charge is 2.32. The van der Waals surface area contributed by atoms with Gasteiger partial charge in [0, 0.05) is 15.1 Å². The van der Waals surface area contributed by atoms with E-state index in [0.29, 0.717) is 0 Å². The van der Waals surface area contributed by atoms with E-state index in [9.17, 15) is 13.2 Å². The molecule has 0 radical (unpaired) electrons.